The highest BCUT2D eigenvalue weighted by Crippen LogP contribution is 2.29. The molecule has 3 rings (SSSR count). The molecule has 0 aromatic carbocycles. The van der Waals surface area contributed by atoms with Crippen molar-refractivity contribution in [1.29, 1.82) is 0 Å². The number of piperidine rings is 1. The maximum Gasteiger partial charge on any atom is 0.274 e. The summed E-state index contributed by atoms with van der Waals surface area (Å²) >= 11 is 12.1. The number of pyridine rings is 1. The Morgan fingerprint density at radius 2 is 2.04 bits per heavy atom. The van der Waals surface area contributed by atoms with Crippen LogP contribution in [0.4, 0.5) is 5.82 Å². The molecule has 0 atom stereocenters. The lowest BCUT2D eigenvalue weighted by molar-refractivity contribution is 0.0702. The fourth-order valence-electron chi connectivity index (χ4n) is 2.98. The molecule has 0 unspecified atom stereocenters. The molecule has 1 aliphatic heterocycles. The number of rotatable bonds is 3. The summed E-state index contributed by atoms with van der Waals surface area (Å²) in [4.78, 5) is 20.7. The summed E-state index contributed by atoms with van der Waals surface area (Å²) in [7, 11) is 3.64. The van der Waals surface area contributed by atoms with E-state index in [9.17, 15) is 4.79 Å². The van der Waals surface area contributed by atoms with Crippen LogP contribution in [0.2, 0.25) is 10.0 Å². The molecule has 0 aliphatic carbocycles. The van der Waals surface area contributed by atoms with Gasteiger partial charge in [-0.2, -0.15) is 5.10 Å². The van der Waals surface area contributed by atoms with E-state index in [2.05, 4.69) is 15.0 Å². The van der Waals surface area contributed by atoms with Crippen LogP contribution in [0.25, 0.3) is 0 Å². The largest absolute Gasteiger partial charge is 0.355 e. The van der Waals surface area contributed by atoms with Gasteiger partial charge in [-0.25, -0.2) is 4.98 Å². The summed E-state index contributed by atoms with van der Waals surface area (Å²) in [6.45, 7) is 1.58. The van der Waals surface area contributed by atoms with Gasteiger partial charge in [-0.15, -0.1) is 0 Å². The molecule has 2 aromatic heterocycles. The SMILES string of the molecule is CN(C(=O)c1ccn(C)n1)C1CCN(c2ncc(Cl)cc2Cl)CC1. The van der Waals surface area contributed by atoms with Gasteiger partial charge in [0.05, 0.1) is 10.0 Å². The molecule has 6 nitrogen and oxygen atoms in total. The second kappa shape index (κ2) is 6.99. The first-order valence-electron chi connectivity index (χ1n) is 7.78. The maximum atomic E-state index is 12.5. The predicted octanol–water partition coefficient (Wildman–Crippen LogP) is 2.86. The molecule has 0 bridgehead atoms. The molecule has 0 spiro atoms. The van der Waals surface area contributed by atoms with E-state index in [4.69, 9.17) is 23.2 Å². The Morgan fingerprint density at radius 1 is 1.33 bits per heavy atom. The smallest absolute Gasteiger partial charge is 0.274 e. The normalized spacial score (nSPS) is 15.6. The van der Waals surface area contributed by atoms with Crippen molar-refractivity contribution in [2.75, 3.05) is 25.0 Å². The van der Waals surface area contributed by atoms with Crippen LogP contribution in [-0.4, -0.2) is 51.8 Å². The molecule has 24 heavy (non-hydrogen) atoms. The third-order valence-corrected chi connectivity index (χ3v) is 4.84. The van der Waals surface area contributed by atoms with Crippen LogP contribution >= 0.6 is 23.2 Å². The highest BCUT2D eigenvalue weighted by molar-refractivity contribution is 6.36. The van der Waals surface area contributed by atoms with Crippen molar-refractivity contribution < 1.29 is 4.79 Å². The number of halogens is 2. The number of carbonyl (C=O) groups is 1. The molecule has 1 aliphatic rings. The zero-order chi connectivity index (χ0) is 17.3. The van der Waals surface area contributed by atoms with Gasteiger partial charge in [-0.1, -0.05) is 23.2 Å². The van der Waals surface area contributed by atoms with E-state index in [-0.39, 0.29) is 11.9 Å². The molecular formula is C16H19Cl2N5O. The number of anilines is 1. The van der Waals surface area contributed by atoms with Gasteiger partial charge in [0.2, 0.25) is 0 Å². The summed E-state index contributed by atoms with van der Waals surface area (Å²) in [5.74, 6) is 0.704. The average molecular weight is 368 g/mol. The van der Waals surface area contributed by atoms with E-state index < -0.39 is 0 Å². The van der Waals surface area contributed by atoms with Gasteiger partial charge in [0.25, 0.3) is 5.91 Å². The third-order valence-electron chi connectivity index (χ3n) is 4.35. The molecule has 0 saturated carbocycles. The Hall–Kier alpha value is -1.79. The van der Waals surface area contributed by atoms with Crippen LogP contribution in [0.3, 0.4) is 0 Å². The molecular weight excluding hydrogens is 349 g/mol. The van der Waals surface area contributed by atoms with Crippen molar-refractivity contribution in [1.82, 2.24) is 19.7 Å². The average Bonchev–Trinajstić information content (AvgIpc) is 3.00. The topological polar surface area (TPSA) is 54.3 Å². The molecule has 1 amide bonds. The second-order valence-electron chi connectivity index (χ2n) is 5.97. The number of carbonyl (C=O) groups excluding carboxylic acids is 1. The van der Waals surface area contributed by atoms with Gasteiger partial charge in [-0.05, 0) is 25.0 Å². The first kappa shape index (κ1) is 17.0. The monoisotopic (exact) mass is 367 g/mol. The number of hydrogen-bond donors (Lipinski definition) is 0. The van der Waals surface area contributed by atoms with Crippen LogP contribution in [-0.2, 0) is 7.05 Å². The van der Waals surface area contributed by atoms with Gasteiger partial charge in [0.15, 0.2) is 0 Å². The minimum atomic E-state index is -0.0447. The van der Waals surface area contributed by atoms with E-state index in [0.29, 0.717) is 15.7 Å². The molecule has 8 heteroatoms. The zero-order valence-electron chi connectivity index (χ0n) is 13.6. The van der Waals surface area contributed by atoms with E-state index >= 15 is 0 Å². The third kappa shape index (κ3) is 3.49. The minimum absolute atomic E-state index is 0.0447. The number of nitrogens with zero attached hydrogens (tertiary/aromatic N) is 5. The number of amides is 1. The van der Waals surface area contributed by atoms with Crippen LogP contribution < -0.4 is 4.90 Å². The summed E-state index contributed by atoms with van der Waals surface area (Å²) < 4.78 is 1.64. The van der Waals surface area contributed by atoms with Gasteiger partial charge in [-0.3, -0.25) is 9.48 Å². The van der Waals surface area contributed by atoms with Gasteiger partial charge in [0.1, 0.15) is 11.5 Å². The Morgan fingerprint density at radius 3 is 2.62 bits per heavy atom. The van der Waals surface area contributed by atoms with Crippen molar-refractivity contribution in [3.05, 3.63) is 40.3 Å². The lowest BCUT2D eigenvalue weighted by Gasteiger charge is -2.37. The number of aryl methyl sites for hydroxylation is 1. The molecule has 0 N–H and O–H groups in total. The molecule has 0 radical (unpaired) electrons. The van der Waals surface area contributed by atoms with E-state index in [0.717, 1.165) is 31.7 Å². The molecule has 1 fully saturated rings. The van der Waals surface area contributed by atoms with Crippen molar-refractivity contribution in [2.45, 2.75) is 18.9 Å². The molecule has 1 saturated heterocycles. The predicted molar refractivity (Wildman–Crippen MR) is 94.8 cm³/mol. The van der Waals surface area contributed by atoms with E-state index in [1.807, 2.05) is 7.05 Å². The minimum Gasteiger partial charge on any atom is -0.355 e. The van der Waals surface area contributed by atoms with Crippen LogP contribution in [0, 0.1) is 0 Å². The fraction of sp³-hybridized carbons (Fsp3) is 0.438. The first-order chi connectivity index (χ1) is 11.5. The van der Waals surface area contributed by atoms with E-state index in [1.165, 1.54) is 0 Å². The molecule has 3 heterocycles. The standard InChI is InChI=1S/C16H19Cl2N5O/c1-21-6-5-14(20-21)16(24)22(2)12-3-7-23(8-4-12)15-13(18)9-11(17)10-19-15/h5-6,9-10,12H,3-4,7-8H2,1-2H3. The summed E-state index contributed by atoms with van der Waals surface area (Å²) in [6, 6.07) is 3.63. The highest BCUT2D eigenvalue weighted by Gasteiger charge is 2.28. The van der Waals surface area contributed by atoms with Crippen molar-refractivity contribution in [2.24, 2.45) is 7.05 Å². The Kier molecular flexibility index (Phi) is 4.96. The van der Waals surface area contributed by atoms with Crippen LogP contribution in [0.15, 0.2) is 24.5 Å². The van der Waals surface area contributed by atoms with Crippen LogP contribution in [0.5, 0.6) is 0 Å². The summed E-state index contributed by atoms with van der Waals surface area (Å²) in [5.41, 5.74) is 0.477. The van der Waals surface area contributed by atoms with Gasteiger partial charge in [0, 0.05) is 45.6 Å². The Bertz CT molecular complexity index is 740. The first-order valence-corrected chi connectivity index (χ1v) is 8.54. The Labute approximate surface area is 151 Å². The van der Waals surface area contributed by atoms with Gasteiger partial charge < -0.3 is 9.80 Å². The number of aromatic nitrogens is 3. The lowest BCUT2D eigenvalue weighted by atomic mass is 10.0. The van der Waals surface area contributed by atoms with Crippen molar-refractivity contribution >= 4 is 34.9 Å². The number of hydrogen-bond acceptors (Lipinski definition) is 4. The van der Waals surface area contributed by atoms with E-state index in [1.54, 1.807) is 41.2 Å². The summed E-state index contributed by atoms with van der Waals surface area (Å²) in [5, 5.41) is 5.27. The van der Waals surface area contributed by atoms with Crippen molar-refractivity contribution in [3.8, 4) is 0 Å². The fourth-order valence-corrected chi connectivity index (χ4v) is 3.48. The van der Waals surface area contributed by atoms with Gasteiger partial charge >= 0.3 is 0 Å². The van der Waals surface area contributed by atoms with Crippen LogP contribution in [0.1, 0.15) is 23.3 Å². The molecule has 2 aromatic rings. The Balaban J connectivity index is 1.63. The highest BCUT2D eigenvalue weighted by atomic mass is 35.5. The lowest BCUT2D eigenvalue weighted by Crippen LogP contribution is -2.46. The maximum absolute atomic E-state index is 12.5. The quantitative estimate of drug-likeness (QED) is 0.836. The second-order valence-corrected chi connectivity index (χ2v) is 6.81. The zero-order valence-corrected chi connectivity index (χ0v) is 15.1. The molecule has 128 valence electrons. The summed E-state index contributed by atoms with van der Waals surface area (Å²) in [6.07, 6.45) is 5.09. The van der Waals surface area contributed by atoms with Crippen molar-refractivity contribution in [3.63, 3.8) is 0 Å².